The van der Waals surface area contributed by atoms with Gasteiger partial charge in [0.25, 0.3) is 0 Å². The lowest BCUT2D eigenvalue weighted by Crippen LogP contribution is -2.18. The van der Waals surface area contributed by atoms with Crippen LogP contribution in [0.3, 0.4) is 0 Å². The first-order valence-electron chi connectivity index (χ1n) is 6.17. The predicted molar refractivity (Wildman–Crippen MR) is 76.9 cm³/mol. The standard InChI is InChI=1S/C13H23N3OS/c1-8(6-7-17)18-11-9(2)10(14)15-12(16-11)13(3,4)5/h8,17H,6-7H2,1-5H3,(H2,14,15,16). The average molecular weight is 269 g/mol. The Morgan fingerprint density at radius 1 is 1.33 bits per heavy atom. The molecule has 3 N–H and O–H groups in total. The Balaban J connectivity index is 3.07. The first-order chi connectivity index (χ1) is 8.25. The van der Waals surface area contributed by atoms with Crippen molar-refractivity contribution in [1.29, 1.82) is 0 Å². The number of aliphatic hydroxyl groups is 1. The lowest BCUT2D eigenvalue weighted by molar-refractivity contribution is 0.289. The van der Waals surface area contributed by atoms with E-state index in [9.17, 15) is 0 Å². The first-order valence-corrected chi connectivity index (χ1v) is 7.05. The highest BCUT2D eigenvalue weighted by Gasteiger charge is 2.21. The molecule has 0 saturated carbocycles. The molecule has 4 nitrogen and oxygen atoms in total. The number of aromatic nitrogens is 2. The Morgan fingerprint density at radius 2 is 1.94 bits per heavy atom. The van der Waals surface area contributed by atoms with E-state index in [0.29, 0.717) is 11.1 Å². The summed E-state index contributed by atoms with van der Waals surface area (Å²) in [6, 6.07) is 0. The van der Waals surface area contributed by atoms with E-state index in [0.717, 1.165) is 22.8 Å². The largest absolute Gasteiger partial charge is 0.396 e. The second-order valence-electron chi connectivity index (χ2n) is 5.55. The average Bonchev–Trinajstić information content (AvgIpc) is 2.23. The fourth-order valence-corrected chi connectivity index (χ4v) is 2.42. The van der Waals surface area contributed by atoms with E-state index in [1.54, 1.807) is 11.8 Å². The third-order valence-electron chi connectivity index (χ3n) is 2.66. The van der Waals surface area contributed by atoms with Crippen LogP contribution < -0.4 is 5.73 Å². The molecule has 0 spiro atoms. The lowest BCUT2D eigenvalue weighted by atomic mass is 9.95. The van der Waals surface area contributed by atoms with Crippen molar-refractivity contribution >= 4 is 17.6 Å². The van der Waals surface area contributed by atoms with Gasteiger partial charge in [-0.2, -0.15) is 0 Å². The molecule has 0 amide bonds. The number of nitrogens with two attached hydrogens (primary N) is 1. The van der Waals surface area contributed by atoms with E-state index in [2.05, 4.69) is 37.7 Å². The number of aliphatic hydroxyl groups excluding tert-OH is 1. The van der Waals surface area contributed by atoms with Crippen molar-refractivity contribution in [2.75, 3.05) is 12.3 Å². The van der Waals surface area contributed by atoms with Crippen LogP contribution in [-0.2, 0) is 5.41 Å². The van der Waals surface area contributed by atoms with E-state index in [-0.39, 0.29) is 12.0 Å². The molecule has 5 heteroatoms. The molecule has 0 aliphatic rings. The Morgan fingerprint density at radius 3 is 2.44 bits per heavy atom. The summed E-state index contributed by atoms with van der Waals surface area (Å²) in [4.78, 5) is 8.98. The molecular formula is C13H23N3OS. The summed E-state index contributed by atoms with van der Waals surface area (Å²) < 4.78 is 0. The van der Waals surface area contributed by atoms with Gasteiger partial charge in [-0.15, -0.1) is 11.8 Å². The van der Waals surface area contributed by atoms with E-state index in [1.807, 2.05) is 6.92 Å². The van der Waals surface area contributed by atoms with E-state index < -0.39 is 0 Å². The summed E-state index contributed by atoms with van der Waals surface area (Å²) in [5, 5.41) is 10.2. The normalized spacial score (nSPS) is 13.7. The molecule has 0 aliphatic heterocycles. The van der Waals surface area contributed by atoms with Gasteiger partial charge in [0.1, 0.15) is 16.7 Å². The summed E-state index contributed by atoms with van der Waals surface area (Å²) in [5.74, 6) is 1.32. The molecule has 1 aromatic heterocycles. The van der Waals surface area contributed by atoms with Gasteiger partial charge in [-0.1, -0.05) is 27.7 Å². The number of thioether (sulfide) groups is 1. The first kappa shape index (κ1) is 15.2. The van der Waals surface area contributed by atoms with Crippen molar-refractivity contribution in [2.24, 2.45) is 0 Å². The molecule has 0 fully saturated rings. The summed E-state index contributed by atoms with van der Waals surface area (Å²) in [6.07, 6.45) is 0.749. The van der Waals surface area contributed by atoms with Gasteiger partial charge >= 0.3 is 0 Å². The van der Waals surface area contributed by atoms with Gasteiger partial charge in [0.15, 0.2) is 0 Å². The molecule has 1 aromatic rings. The fraction of sp³-hybridized carbons (Fsp3) is 0.692. The Kier molecular flexibility index (Phi) is 4.99. The van der Waals surface area contributed by atoms with E-state index >= 15 is 0 Å². The van der Waals surface area contributed by atoms with Gasteiger partial charge in [0.05, 0.1) is 0 Å². The molecule has 0 radical (unpaired) electrons. The number of anilines is 1. The van der Waals surface area contributed by atoms with Gasteiger partial charge in [-0.3, -0.25) is 0 Å². The van der Waals surface area contributed by atoms with Gasteiger partial charge in [-0.25, -0.2) is 9.97 Å². The Bertz CT molecular complexity index is 415. The van der Waals surface area contributed by atoms with Crippen LogP contribution in [0.5, 0.6) is 0 Å². The van der Waals surface area contributed by atoms with Crippen LogP contribution >= 0.6 is 11.8 Å². The van der Waals surface area contributed by atoms with E-state index in [1.165, 1.54) is 0 Å². The molecule has 1 unspecified atom stereocenters. The molecule has 0 aromatic carbocycles. The molecule has 1 atom stereocenters. The van der Waals surface area contributed by atoms with Crippen molar-refractivity contribution in [3.63, 3.8) is 0 Å². The third kappa shape index (κ3) is 3.85. The highest BCUT2D eigenvalue weighted by molar-refractivity contribution is 7.99. The van der Waals surface area contributed by atoms with Crippen LogP contribution in [0.2, 0.25) is 0 Å². The highest BCUT2D eigenvalue weighted by Crippen LogP contribution is 2.31. The minimum absolute atomic E-state index is 0.114. The molecular weight excluding hydrogens is 246 g/mol. The lowest BCUT2D eigenvalue weighted by Gasteiger charge is -2.20. The quantitative estimate of drug-likeness (QED) is 0.649. The van der Waals surface area contributed by atoms with Gasteiger partial charge in [0.2, 0.25) is 0 Å². The monoisotopic (exact) mass is 269 g/mol. The van der Waals surface area contributed by atoms with Crippen molar-refractivity contribution < 1.29 is 5.11 Å². The number of rotatable bonds is 4. The summed E-state index contributed by atoms with van der Waals surface area (Å²) in [5.41, 5.74) is 6.77. The van der Waals surface area contributed by atoms with Crippen molar-refractivity contribution in [3.8, 4) is 0 Å². The van der Waals surface area contributed by atoms with Crippen LogP contribution in [0.15, 0.2) is 5.03 Å². The zero-order valence-electron chi connectivity index (χ0n) is 11.8. The smallest absolute Gasteiger partial charge is 0.137 e. The summed E-state index contributed by atoms with van der Waals surface area (Å²) in [6.45, 7) is 10.4. The zero-order chi connectivity index (χ0) is 13.9. The minimum atomic E-state index is -0.114. The SMILES string of the molecule is Cc1c(N)nc(C(C)(C)C)nc1SC(C)CCO. The molecule has 0 aliphatic carbocycles. The van der Waals surface area contributed by atoms with Crippen molar-refractivity contribution in [2.45, 2.75) is 56.7 Å². The minimum Gasteiger partial charge on any atom is -0.396 e. The fourth-order valence-electron chi connectivity index (χ4n) is 1.39. The maximum atomic E-state index is 8.95. The molecule has 0 saturated heterocycles. The Hall–Kier alpha value is -0.810. The van der Waals surface area contributed by atoms with Crippen LogP contribution in [0.4, 0.5) is 5.82 Å². The maximum absolute atomic E-state index is 8.95. The number of nitrogen functional groups attached to an aromatic ring is 1. The molecule has 1 rings (SSSR count). The number of hydrogen-bond donors (Lipinski definition) is 2. The molecule has 18 heavy (non-hydrogen) atoms. The second-order valence-corrected chi connectivity index (χ2v) is 6.98. The molecule has 102 valence electrons. The number of hydrogen-bond acceptors (Lipinski definition) is 5. The van der Waals surface area contributed by atoms with Gasteiger partial charge in [-0.05, 0) is 13.3 Å². The Labute approximate surface area is 113 Å². The van der Waals surface area contributed by atoms with Crippen molar-refractivity contribution in [1.82, 2.24) is 9.97 Å². The van der Waals surface area contributed by atoms with Crippen LogP contribution in [0.25, 0.3) is 0 Å². The van der Waals surface area contributed by atoms with Crippen LogP contribution in [0.1, 0.15) is 45.5 Å². The third-order valence-corrected chi connectivity index (χ3v) is 3.92. The zero-order valence-corrected chi connectivity index (χ0v) is 12.6. The van der Waals surface area contributed by atoms with Crippen LogP contribution in [0, 0.1) is 6.92 Å². The van der Waals surface area contributed by atoms with Gasteiger partial charge in [0, 0.05) is 22.8 Å². The summed E-state index contributed by atoms with van der Waals surface area (Å²) >= 11 is 1.65. The second kappa shape index (κ2) is 5.89. The predicted octanol–water partition coefficient (Wildman–Crippen LogP) is 2.53. The molecule has 1 heterocycles. The molecule has 0 bridgehead atoms. The van der Waals surface area contributed by atoms with Gasteiger partial charge < -0.3 is 10.8 Å². The van der Waals surface area contributed by atoms with E-state index in [4.69, 9.17) is 10.8 Å². The number of nitrogens with zero attached hydrogens (tertiary/aromatic N) is 2. The van der Waals surface area contributed by atoms with Crippen molar-refractivity contribution in [3.05, 3.63) is 11.4 Å². The summed E-state index contributed by atoms with van der Waals surface area (Å²) in [7, 11) is 0. The topological polar surface area (TPSA) is 72.0 Å². The maximum Gasteiger partial charge on any atom is 0.137 e. The highest BCUT2D eigenvalue weighted by atomic mass is 32.2. The van der Waals surface area contributed by atoms with Crippen LogP contribution in [-0.4, -0.2) is 26.9 Å².